The third kappa shape index (κ3) is 4.48. The molecule has 5 heteroatoms. The molecule has 0 radical (unpaired) electrons. The first kappa shape index (κ1) is 19.0. The molecule has 0 spiro atoms. The Morgan fingerprint density at radius 2 is 1.78 bits per heavy atom. The zero-order valence-corrected chi connectivity index (χ0v) is 15.9. The lowest BCUT2D eigenvalue weighted by atomic mass is 9.88. The largest absolute Gasteiger partial charge is 0.497 e. The first-order valence-corrected chi connectivity index (χ1v) is 9.35. The van der Waals surface area contributed by atoms with Crippen LogP contribution in [-0.2, 0) is 16.1 Å². The standard InChI is InChI=1S/C22H26N2O3/c1-3-21(25)24-14-19(17-9-11-18(27-2)12-10-17)20(15-24)22(26)23-13-16-7-5-4-6-8-16/h4-12,19-20H,3,13-15H2,1-2H3,(H,23,26)/t19-,20+/m0/s1. The summed E-state index contributed by atoms with van der Waals surface area (Å²) >= 11 is 0. The highest BCUT2D eigenvalue weighted by molar-refractivity contribution is 5.83. The number of nitrogens with one attached hydrogen (secondary N) is 1. The Bertz CT molecular complexity index is 774. The maximum absolute atomic E-state index is 12.9. The summed E-state index contributed by atoms with van der Waals surface area (Å²) in [6, 6.07) is 17.6. The summed E-state index contributed by atoms with van der Waals surface area (Å²) in [5, 5.41) is 3.04. The molecule has 2 aromatic rings. The Hall–Kier alpha value is -2.82. The molecule has 0 aliphatic carbocycles. The minimum absolute atomic E-state index is 0.00826. The summed E-state index contributed by atoms with van der Waals surface area (Å²) in [4.78, 5) is 26.9. The molecule has 1 aliphatic heterocycles. The number of ether oxygens (including phenoxy) is 1. The minimum atomic E-state index is -0.252. The Morgan fingerprint density at radius 1 is 1.07 bits per heavy atom. The summed E-state index contributed by atoms with van der Waals surface area (Å²) in [6.07, 6.45) is 0.452. The van der Waals surface area contributed by atoms with E-state index in [2.05, 4.69) is 5.32 Å². The van der Waals surface area contributed by atoms with Gasteiger partial charge in [-0.05, 0) is 23.3 Å². The van der Waals surface area contributed by atoms with Gasteiger partial charge in [-0.25, -0.2) is 0 Å². The average Bonchev–Trinajstić information content (AvgIpc) is 3.18. The summed E-state index contributed by atoms with van der Waals surface area (Å²) in [5.74, 6) is 0.598. The highest BCUT2D eigenvalue weighted by Gasteiger charge is 2.39. The molecular weight excluding hydrogens is 340 g/mol. The van der Waals surface area contributed by atoms with Gasteiger partial charge in [-0.2, -0.15) is 0 Å². The molecule has 0 saturated carbocycles. The van der Waals surface area contributed by atoms with E-state index in [1.807, 2.05) is 66.4 Å². The molecule has 5 nitrogen and oxygen atoms in total. The van der Waals surface area contributed by atoms with Crippen LogP contribution in [0.15, 0.2) is 54.6 Å². The fraction of sp³-hybridized carbons (Fsp3) is 0.364. The van der Waals surface area contributed by atoms with Crippen LogP contribution >= 0.6 is 0 Å². The second-order valence-corrected chi connectivity index (χ2v) is 6.84. The van der Waals surface area contributed by atoms with Gasteiger partial charge in [-0.15, -0.1) is 0 Å². The number of hydrogen-bond acceptors (Lipinski definition) is 3. The van der Waals surface area contributed by atoms with Gasteiger partial charge in [0.2, 0.25) is 11.8 Å². The molecule has 3 rings (SSSR count). The molecule has 0 unspecified atom stereocenters. The first-order valence-electron chi connectivity index (χ1n) is 9.35. The van der Waals surface area contributed by atoms with Gasteiger partial charge < -0.3 is 15.0 Å². The average molecular weight is 366 g/mol. The molecule has 1 heterocycles. The number of rotatable bonds is 6. The van der Waals surface area contributed by atoms with Gasteiger partial charge >= 0.3 is 0 Å². The van der Waals surface area contributed by atoms with E-state index >= 15 is 0 Å². The Balaban J connectivity index is 1.75. The fourth-order valence-corrected chi connectivity index (χ4v) is 3.60. The van der Waals surface area contributed by atoms with E-state index in [-0.39, 0.29) is 23.7 Å². The zero-order chi connectivity index (χ0) is 19.2. The molecule has 2 atom stereocenters. The van der Waals surface area contributed by atoms with E-state index in [4.69, 9.17) is 4.74 Å². The van der Waals surface area contributed by atoms with Crippen molar-refractivity contribution in [2.75, 3.05) is 20.2 Å². The van der Waals surface area contributed by atoms with Gasteiger partial charge in [0.1, 0.15) is 5.75 Å². The zero-order valence-electron chi connectivity index (χ0n) is 15.9. The molecule has 0 aromatic heterocycles. The lowest BCUT2D eigenvalue weighted by Crippen LogP contribution is -2.35. The van der Waals surface area contributed by atoms with Gasteiger partial charge in [0, 0.05) is 32.0 Å². The number of hydrogen-bond donors (Lipinski definition) is 1. The van der Waals surface area contributed by atoms with Crippen LogP contribution in [-0.4, -0.2) is 36.9 Å². The normalized spacial score (nSPS) is 19.0. The van der Waals surface area contributed by atoms with Crippen LogP contribution in [0.3, 0.4) is 0 Å². The quantitative estimate of drug-likeness (QED) is 0.855. The van der Waals surface area contributed by atoms with E-state index in [0.717, 1.165) is 16.9 Å². The molecule has 27 heavy (non-hydrogen) atoms. The first-order chi connectivity index (χ1) is 13.1. The van der Waals surface area contributed by atoms with Crippen molar-refractivity contribution in [2.24, 2.45) is 5.92 Å². The summed E-state index contributed by atoms with van der Waals surface area (Å²) in [7, 11) is 1.63. The molecule has 2 amide bonds. The highest BCUT2D eigenvalue weighted by Crippen LogP contribution is 2.34. The van der Waals surface area contributed by atoms with Crippen LogP contribution in [0.25, 0.3) is 0 Å². The van der Waals surface area contributed by atoms with Crippen LogP contribution in [0.5, 0.6) is 5.75 Å². The van der Waals surface area contributed by atoms with Gasteiger partial charge in [-0.1, -0.05) is 49.4 Å². The number of nitrogens with zero attached hydrogens (tertiary/aromatic N) is 1. The van der Waals surface area contributed by atoms with Crippen molar-refractivity contribution in [2.45, 2.75) is 25.8 Å². The SMILES string of the molecule is CCC(=O)N1C[C@@H](C(=O)NCc2ccccc2)[C@H](c2ccc(OC)cc2)C1. The maximum Gasteiger partial charge on any atom is 0.225 e. The second-order valence-electron chi connectivity index (χ2n) is 6.84. The van der Waals surface area contributed by atoms with E-state index in [9.17, 15) is 9.59 Å². The van der Waals surface area contributed by atoms with E-state index in [0.29, 0.717) is 26.1 Å². The summed E-state index contributed by atoms with van der Waals surface area (Å²) in [5.41, 5.74) is 2.12. The highest BCUT2D eigenvalue weighted by atomic mass is 16.5. The van der Waals surface area contributed by atoms with E-state index in [1.54, 1.807) is 7.11 Å². The monoisotopic (exact) mass is 366 g/mol. The van der Waals surface area contributed by atoms with Crippen LogP contribution in [0.2, 0.25) is 0 Å². The predicted molar refractivity (Wildman–Crippen MR) is 104 cm³/mol. The van der Waals surface area contributed by atoms with Gasteiger partial charge in [-0.3, -0.25) is 9.59 Å². The van der Waals surface area contributed by atoms with Crippen molar-refractivity contribution in [1.29, 1.82) is 0 Å². The van der Waals surface area contributed by atoms with Gasteiger partial charge in [0.15, 0.2) is 0 Å². The van der Waals surface area contributed by atoms with Crippen LogP contribution < -0.4 is 10.1 Å². The van der Waals surface area contributed by atoms with Crippen molar-refractivity contribution in [1.82, 2.24) is 10.2 Å². The smallest absolute Gasteiger partial charge is 0.225 e. The second kappa shape index (κ2) is 8.71. The molecule has 1 aliphatic rings. The van der Waals surface area contributed by atoms with Gasteiger partial charge in [0.05, 0.1) is 13.0 Å². The number of carbonyl (C=O) groups is 2. The molecule has 1 saturated heterocycles. The maximum atomic E-state index is 12.9. The van der Waals surface area contributed by atoms with Crippen molar-refractivity contribution < 1.29 is 14.3 Å². The number of likely N-dealkylation sites (tertiary alicyclic amines) is 1. The predicted octanol–water partition coefficient (Wildman–Crippen LogP) is 2.96. The Morgan fingerprint density at radius 3 is 2.41 bits per heavy atom. The van der Waals surface area contributed by atoms with Crippen LogP contribution in [0.4, 0.5) is 0 Å². The van der Waals surface area contributed by atoms with E-state index in [1.165, 1.54) is 0 Å². The molecule has 0 bridgehead atoms. The van der Waals surface area contributed by atoms with Gasteiger partial charge in [0.25, 0.3) is 0 Å². The van der Waals surface area contributed by atoms with Crippen LogP contribution in [0.1, 0.15) is 30.4 Å². The van der Waals surface area contributed by atoms with Crippen molar-refractivity contribution in [3.8, 4) is 5.75 Å². The summed E-state index contributed by atoms with van der Waals surface area (Å²) in [6.45, 7) is 3.38. The number of carbonyl (C=O) groups excluding carboxylic acids is 2. The third-order valence-electron chi connectivity index (χ3n) is 5.17. The summed E-state index contributed by atoms with van der Waals surface area (Å²) < 4.78 is 5.23. The lowest BCUT2D eigenvalue weighted by Gasteiger charge is -2.18. The fourth-order valence-electron chi connectivity index (χ4n) is 3.60. The molecule has 142 valence electrons. The molecule has 2 aromatic carbocycles. The Kier molecular flexibility index (Phi) is 6.12. The van der Waals surface area contributed by atoms with Crippen molar-refractivity contribution in [3.63, 3.8) is 0 Å². The van der Waals surface area contributed by atoms with Crippen molar-refractivity contribution in [3.05, 3.63) is 65.7 Å². The molecule has 1 fully saturated rings. The number of benzene rings is 2. The number of methoxy groups -OCH3 is 1. The minimum Gasteiger partial charge on any atom is -0.497 e. The van der Waals surface area contributed by atoms with Crippen LogP contribution in [0, 0.1) is 5.92 Å². The lowest BCUT2D eigenvalue weighted by molar-refractivity contribution is -0.130. The third-order valence-corrected chi connectivity index (χ3v) is 5.17. The van der Waals surface area contributed by atoms with E-state index < -0.39 is 0 Å². The molecule has 1 N–H and O–H groups in total. The molecular formula is C22H26N2O3. The number of amides is 2. The topological polar surface area (TPSA) is 58.6 Å². The Labute approximate surface area is 160 Å². The van der Waals surface area contributed by atoms with Crippen molar-refractivity contribution >= 4 is 11.8 Å².